The topological polar surface area (TPSA) is 23.8 Å². The molecule has 0 aliphatic carbocycles. The van der Waals surface area contributed by atoms with Crippen LogP contribution in [-0.2, 0) is 23.5 Å². The molecule has 1 nitrogen and oxygen atoms in total. The molecule has 0 saturated heterocycles. The summed E-state index contributed by atoms with van der Waals surface area (Å²) in [5, 5.41) is 0. The van der Waals surface area contributed by atoms with Crippen LogP contribution in [0.25, 0.3) is 28.0 Å². The fourth-order valence-electron chi connectivity index (χ4n) is 2.90. The van der Waals surface area contributed by atoms with Gasteiger partial charge in [0.1, 0.15) is 0 Å². The predicted molar refractivity (Wildman–Crippen MR) is 150 cm³/mol. The van der Waals surface area contributed by atoms with E-state index in [9.17, 15) is 0 Å². The van der Waals surface area contributed by atoms with Crippen molar-refractivity contribution in [2.24, 2.45) is 0 Å². The van der Waals surface area contributed by atoms with Crippen LogP contribution in [0, 0.1) is 14.9 Å². The van der Waals surface area contributed by atoms with E-state index in [0.717, 1.165) is 6.42 Å². The number of halogens is 2. The van der Waals surface area contributed by atoms with Gasteiger partial charge in [-0.15, -0.1) is 28.8 Å². The van der Waals surface area contributed by atoms with Crippen molar-refractivity contribution in [2.75, 3.05) is 0 Å². The molecule has 0 aliphatic heterocycles. The summed E-state index contributed by atoms with van der Waals surface area (Å²) in [5.74, 6) is 0. The molecular weight excluding hydrogens is 485 g/mol. The van der Waals surface area contributed by atoms with E-state index in [1.165, 1.54) is 40.7 Å². The Morgan fingerprint density at radius 3 is 1.69 bits per heavy atom. The zero-order valence-corrected chi connectivity index (χ0v) is 25.9. The summed E-state index contributed by atoms with van der Waals surface area (Å²) in [7, 11) is 9.78. The van der Waals surface area contributed by atoms with E-state index in [4.69, 9.17) is 24.3 Å². The summed E-state index contributed by atoms with van der Waals surface area (Å²) in [6.45, 7) is 7.82. The van der Waals surface area contributed by atoms with Crippen LogP contribution in [0.1, 0.15) is 46.1 Å². The molecule has 3 aromatic carbocycles. The molecule has 0 heterocycles. The fraction of sp³-hybridized carbons (Fsp3) is 0.296. The summed E-state index contributed by atoms with van der Waals surface area (Å²) in [4.78, 5) is 0. The molecule has 3 aromatic rings. The zero-order valence-electron chi connectivity index (χ0n) is 20.8. The molecule has 0 aliphatic rings. The summed E-state index contributed by atoms with van der Waals surface area (Å²) in [6.07, 6.45) is 3.64. The molecule has 32 heavy (non-hydrogen) atoms. The first-order valence-corrected chi connectivity index (χ1v) is 14.2. The zero-order chi connectivity index (χ0) is 21.7. The van der Waals surface area contributed by atoms with Crippen molar-refractivity contribution in [2.45, 2.75) is 52.5 Å². The van der Waals surface area contributed by atoms with Gasteiger partial charge in [0.25, 0.3) is 0 Å². The fourth-order valence-corrected chi connectivity index (χ4v) is 2.90. The third-order valence-electron chi connectivity index (χ3n) is 3.99. The Morgan fingerprint density at radius 2 is 1.28 bits per heavy atom. The van der Waals surface area contributed by atoms with Crippen LogP contribution in [0.4, 0.5) is 0 Å². The second-order valence-electron chi connectivity index (χ2n) is 7.80. The van der Waals surface area contributed by atoms with Gasteiger partial charge in [-0.1, -0.05) is 119 Å². The van der Waals surface area contributed by atoms with Crippen LogP contribution in [-0.4, -0.2) is 16.5 Å². The van der Waals surface area contributed by atoms with Crippen LogP contribution in [0.15, 0.2) is 72.8 Å². The number of nitrogens with one attached hydrogen (secondary N) is 1. The maximum atomic E-state index is 6.94. The molecule has 0 fully saturated rings. The van der Waals surface area contributed by atoms with Gasteiger partial charge in [0.15, 0.2) is 0 Å². The number of hydrogen-bond donors (Lipinski definition) is 0. The van der Waals surface area contributed by atoms with E-state index in [1.807, 2.05) is 20.8 Å². The molecule has 0 unspecified atom stereocenters. The largest absolute Gasteiger partial charge is 0.0125 e. The quantitative estimate of drug-likeness (QED) is 0.235. The van der Waals surface area contributed by atoms with Gasteiger partial charge in [-0.3, -0.25) is 0 Å². The Hall–Kier alpha value is -0.739. The van der Waals surface area contributed by atoms with Gasteiger partial charge in [-0.05, 0) is 11.0 Å². The first-order valence-electron chi connectivity index (χ1n) is 9.92. The van der Waals surface area contributed by atoms with Gasteiger partial charge in [0, 0.05) is 0 Å². The molecular formula is C27H40Cl2NSiTi. The van der Waals surface area contributed by atoms with Gasteiger partial charge in [0.2, 0.25) is 0 Å². The van der Waals surface area contributed by atoms with E-state index >= 15 is 0 Å². The van der Waals surface area contributed by atoms with Gasteiger partial charge in [-0.25, -0.2) is 0 Å². The molecule has 0 aromatic heterocycles. The molecule has 0 spiro atoms. The summed E-state index contributed by atoms with van der Waals surface area (Å²) in [6, 6.07) is 26.1. The molecule has 0 bridgehead atoms. The summed E-state index contributed by atoms with van der Waals surface area (Å²) >= 11 is -0.556. The average molecular weight is 525 g/mol. The first kappa shape index (κ1) is 35.8. The van der Waals surface area contributed by atoms with Crippen LogP contribution in [0.3, 0.4) is 0 Å². The Morgan fingerprint density at radius 1 is 0.875 bits per heavy atom. The van der Waals surface area contributed by atoms with Crippen molar-refractivity contribution in [3.63, 3.8) is 0 Å². The van der Waals surface area contributed by atoms with E-state index in [-0.39, 0.29) is 31.4 Å². The molecule has 0 amide bonds. The number of rotatable bonds is 5. The third kappa shape index (κ3) is 14.4. The van der Waals surface area contributed by atoms with Crippen molar-refractivity contribution in [1.82, 2.24) is 0 Å². The Balaban J connectivity index is -0.000000669. The Bertz CT molecular complexity index is 794. The monoisotopic (exact) mass is 524 g/mol. The van der Waals surface area contributed by atoms with Crippen molar-refractivity contribution in [1.29, 1.82) is 0 Å². The van der Waals surface area contributed by atoms with Crippen LogP contribution in [0.5, 0.6) is 0 Å². The maximum Gasteiger partial charge on any atom is -0.0125 e. The second-order valence-corrected chi connectivity index (χ2v) is 10.4. The molecule has 0 atom stereocenters. The minimum Gasteiger partial charge on any atom is -0.0125 e. The van der Waals surface area contributed by atoms with E-state index < -0.39 is 17.0 Å². The van der Waals surface area contributed by atoms with Crippen LogP contribution < -0.4 is 0 Å². The van der Waals surface area contributed by atoms with Gasteiger partial charge in [-0.2, -0.15) is 5.56 Å². The van der Waals surface area contributed by atoms with E-state index in [0.29, 0.717) is 0 Å². The average Bonchev–Trinajstić information content (AvgIpc) is 3.11. The molecule has 1 radical (unpaired) electrons. The van der Waals surface area contributed by atoms with Crippen molar-refractivity contribution in [3.05, 3.63) is 98.9 Å². The molecule has 0 saturated carbocycles. The number of aryl methyl sites for hydroxylation is 1. The van der Waals surface area contributed by atoms with Gasteiger partial charge in [0.05, 0.1) is 0 Å². The number of hydrogen-bond acceptors (Lipinski definition) is 0. The maximum absolute atomic E-state index is 6.94. The SMILES string of the molecule is CC(C)(C)[NH-].CCCCc1c[cH-]c(-c2ccccc2)c1-c1ccccc1.[CH3-].[CH3-].[Cl][Ti+4][Cl].[SiH3]. The minimum atomic E-state index is -0.556. The van der Waals surface area contributed by atoms with Gasteiger partial charge >= 0.3 is 35.6 Å². The van der Waals surface area contributed by atoms with E-state index in [1.54, 1.807) is 0 Å². The van der Waals surface area contributed by atoms with Gasteiger partial charge < -0.3 is 20.6 Å². The normalized spacial score (nSPS) is 9.59. The summed E-state index contributed by atoms with van der Waals surface area (Å²) in [5.41, 5.74) is 13.6. The Kier molecular flexibility index (Phi) is 22.1. The predicted octanol–water partition coefficient (Wildman–Crippen LogP) is 9.01. The third-order valence-corrected chi connectivity index (χ3v) is 3.99. The van der Waals surface area contributed by atoms with Crippen molar-refractivity contribution >= 4 is 29.6 Å². The molecule has 5 heteroatoms. The summed E-state index contributed by atoms with van der Waals surface area (Å²) < 4.78 is 0. The smallest absolute Gasteiger partial charge is 0.0125 e. The van der Waals surface area contributed by atoms with Crippen molar-refractivity contribution < 1.29 is 17.0 Å². The minimum absolute atomic E-state index is 0. The second kappa shape index (κ2) is 19.7. The molecule has 1 N–H and O–H groups in total. The number of unbranched alkanes of at least 4 members (excludes halogenated alkanes) is 1. The standard InChI is InChI=1S/C21H21.C4H10N.2CH3.2ClH.H3Si.Ti/c1-2-3-10-19-15-16-20(17-11-6-4-7-12-17)21(19)18-13-8-5-9-14-18;1-4(2,3)5;;;;;;/h4-9,11-16H,2-3,10H2,1H3;5H,1-3H3;2*1H3;2*1H;1H3;/q4*-1;;;;+6/p-2. The Labute approximate surface area is 219 Å². The van der Waals surface area contributed by atoms with Crippen LogP contribution in [0.2, 0.25) is 0 Å². The first-order chi connectivity index (χ1) is 13.8. The van der Waals surface area contributed by atoms with Crippen LogP contribution >= 0.6 is 18.6 Å². The molecule has 175 valence electrons. The molecule has 3 rings (SSSR count). The van der Waals surface area contributed by atoms with Crippen molar-refractivity contribution in [3.8, 4) is 22.3 Å². The van der Waals surface area contributed by atoms with E-state index in [2.05, 4.69) is 79.7 Å². The number of benzene rings is 2.